The van der Waals surface area contributed by atoms with Crippen molar-refractivity contribution in [2.75, 3.05) is 126 Å². The van der Waals surface area contributed by atoms with Crippen molar-refractivity contribution in [2.45, 2.75) is 110 Å². The number of rotatable bonds is 18. The topological polar surface area (TPSA) is 462 Å². The minimum absolute atomic E-state index is 0.0203. The number of furan rings is 2. The van der Waals surface area contributed by atoms with Gasteiger partial charge in [0.2, 0.25) is 20.0 Å². The Morgan fingerprint density at radius 2 is 0.780 bits per heavy atom. The van der Waals surface area contributed by atoms with Crippen LogP contribution in [-0.4, -0.2) is 209 Å². The number of anilines is 4. The Hall–Kier alpha value is -10.8. The number of carbonyl (C=O) groups excluding carboxylic acids is 5. The summed E-state index contributed by atoms with van der Waals surface area (Å²) in [4.78, 5) is 73.4. The molecule has 11 aromatic rings. The molecule has 42 heteroatoms. The average Bonchev–Trinajstić information content (AvgIpc) is 1.59. The molecule has 4 saturated heterocycles. The van der Waals surface area contributed by atoms with Crippen LogP contribution in [0.4, 0.5) is 22.7 Å². The monoisotopic (exact) mass is 2190 g/mol. The molecule has 8 aliphatic heterocycles. The van der Waals surface area contributed by atoms with Crippen molar-refractivity contribution in [1.29, 1.82) is 0 Å². The quantitative estimate of drug-likeness (QED) is 0.0201. The van der Waals surface area contributed by atoms with Crippen molar-refractivity contribution in [3.05, 3.63) is 285 Å². The van der Waals surface area contributed by atoms with E-state index in [0.717, 1.165) is 98.6 Å². The van der Waals surface area contributed by atoms with Crippen molar-refractivity contribution in [1.82, 2.24) is 19.6 Å². The summed E-state index contributed by atoms with van der Waals surface area (Å²) in [6, 6.07) is 57.1. The van der Waals surface area contributed by atoms with Gasteiger partial charge in [-0.3, -0.25) is 41.7 Å². The third-order valence-corrected chi connectivity index (χ3v) is 40.1. The minimum atomic E-state index is -4.39. The molecule has 10 N–H and O–H groups in total. The first-order valence-corrected chi connectivity index (χ1v) is 57.9. The number of hydrogen-bond donors (Lipinski definition) is 6. The van der Waals surface area contributed by atoms with E-state index in [2.05, 4.69) is 55.5 Å². The molecule has 12 heterocycles. The lowest BCUT2D eigenvalue weighted by Gasteiger charge is -2.39. The fourth-order valence-electron chi connectivity index (χ4n) is 19.9. The maximum absolute atomic E-state index is 13.5. The van der Waals surface area contributed by atoms with Crippen molar-refractivity contribution in [3.63, 3.8) is 0 Å². The minimum Gasteiger partial charge on any atom is -0.465 e. The van der Waals surface area contributed by atoms with Crippen LogP contribution in [0.5, 0.6) is 0 Å². The fraction of sp³-hybridized carbons (Fsp3) is 0.343. The number of likely N-dealkylation sites (tertiary alicyclic amines) is 4. The number of thioether (sulfide) groups is 1. The molecule has 0 saturated carbocycles. The van der Waals surface area contributed by atoms with Crippen molar-refractivity contribution >= 4 is 180 Å². The molecule has 8 aliphatic rings. The first-order valence-electron chi connectivity index (χ1n) is 45.4. The second-order valence-corrected chi connectivity index (χ2v) is 50.3. The van der Waals surface area contributed by atoms with E-state index < -0.39 is 89.0 Å². The summed E-state index contributed by atoms with van der Waals surface area (Å²) >= 11 is 11.4. The number of carbonyl (C=O) groups is 5. The maximum Gasteiger partial charge on any atom is 0.360 e. The number of ether oxygens (including phenoxy) is 1. The lowest BCUT2D eigenvalue weighted by Crippen LogP contribution is -2.48. The van der Waals surface area contributed by atoms with E-state index in [9.17, 15) is 75.2 Å². The number of hydrogen-bond acceptors (Lipinski definition) is 25. The van der Waals surface area contributed by atoms with E-state index in [1.165, 1.54) is 31.3 Å². The zero-order valence-electron chi connectivity index (χ0n) is 77.1. The van der Waals surface area contributed by atoms with Gasteiger partial charge in [-0.05, 0) is 232 Å². The second kappa shape index (κ2) is 41.9. The van der Waals surface area contributed by atoms with E-state index in [-0.39, 0.29) is 74.5 Å². The molecular formula is C99H104Br2N12O20S8. The molecule has 4 amide bonds. The molecule has 141 heavy (non-hydrogen) atoms. The van der Waals surface area contributed by atoms with Crippen molar-refractivity contribution in [3.8, 4) is 23.7 Å². The highest BCUT2D eigenvalue weighted by Gasteiger charge is 2.54. The van der Waals surface area contributed by atoms with E-state index in [1.54, 1.807) is 112 Å². The highest BCUT2D eigenvalue weighted by Crippen LogP contribution is 2.54. The molecule has 19 rings (SSSR count). The predicted molar refractivity (Wildman–Crippen MR) is 552 cm³/mol. The van der Waals surface area contributed by atoms with Crippen LogP contribution in [0.1, 0.15) is 166 Å². The molecule has 742 valence electrons. The second-order valence-electron chi connectivity index (χ2n) is 36.0. The zero-order chi connectivity index (χ0) is 101. The summed E-state index contributed by atoms with van der Waals surface area (Å²) in [5.41, 5.74) is 32.2. The third kappa shape index (κ3) is 22.0. The summed E-state index contributed by atoms with van der Waals surface area (Å²) in [5.74, 6) is 11.1. The number of amides is 4. The SMILES string of the molecule is CCOC(=O)CS(=O)(=O)N1CC2(CCN(C(=O)c3ccc(C#Cc4ccccc4)o3)CC2)c2cc(CN)ccc21.CS(=O)(=O)CS(=O)(=O)N1CC2(CCN(C(=O)c3ccc(C#Cc4ccccc4)o3)CC2)c2cc(CN)ccc21.CSc1sc(C(=O)N2CCC3(CC2)CN(S(=O)(=O)O)c2ccc(CN)cc23)c2ccccc12.NCc1ccc2c(c1)C1(CCN(C(=O)c3cc(Br)c(Br)s3)CC1)CN2S(=O)(=O)O. The molecule has 0 unspecified atom stereocenters. The van der Waals surface area contributed by atoms with Gasteiger partial charge in [0.25, 0.3) is 23.6 Å². The predicted octanol–water partition coefficient (Wildman–Crippen LogP) is 12.9. The number of sulfonamides is 2. The Morgan fingerprint density at radius 3 is 1.13 bits per heavy atom. The molecule has 4 aromatic heterocycles. The average molecular weight is 2200 g/mol. The smallest absolute Gasteiger partial charge is 0.360 e. The fourth-order valence-corrected chi connectivity index (χ4v) is 30.5. The van der Waals surface area contributed by atoms with Gasteiger partial charge in [-0.1, -0.05) is 121 Å². The van der Waals surface area contributed by atoms with Gasteiger partial charge in [0.05, 0.1) is 42.2 Å². The number of sulfone groups is 1. The summed E-state index contributed by atoms with van der Waals surface area (Å²) in [5, 5.41) is 1.12. The Balaban J connectivity index is 0.000000136. The van der Waals surface area contributed by atoms with Gasteiger partial charge < -0.3 is 56.1 Å². The molecule has 7 aromatic carbocycles. The molecule has 0 bridgehead atoms. The zero-order valence-corrected chi connectivity index (χ0v) is 86.8. The number of fused-ring (bicyclic) bond motifs is 9. The van der Waals surface area contributed by atoms with Crippen molar-refractivity contribution < 1.29 is 88.7 Å². The third-order valence-electron chi connectivity index (χ3n) is 27.2. The Kier molecular flexibility index (Phi) is 30.6. The lowest BCUT2D eigenvalue weighted by molar-refractivity contribution is -0.140. The van der Waals surface area contributed by atoms with Crippen LogP contribution in [0, 0.1) is 23.7 Å². The van der Waals surface area contributed by atoms with E-state index in [1.807, 2.05) is 120 Å². The van der Waals surface area contributed by atoms with Gasteiger partial charge in [-0.2, -0.15) is 16.8 Å². The molecular weight excluding hydrogens is 2090 g/mol. The van der Waals surface area contributed by atoms with Crippen LogP contribution in [0.3, 0.4) is 0 Å². The number of halogens is 2. The largest absolute Gasteiger partial charge is 0.465 e. The maximum atomic E-state index is 13.5. The van der Waals surface area contributed by atoms with Gasteiger partial charge in [-0.25, -0.2) is 33.9 Å². The molecule has 32 nitrogen and oxygen atoms in total. The summed E-state index contributed by atoms with van der Waals surface area (Å²) in [6.07, 6.45) is 7.49. The van der Waals surface area contributed by atoms with Gasteiger partial charge in [0.15, 0.2) is 43.7 Å². The van der Waals surface area contributed by atoms with Crippen LogP contribution in [0.25, 0.3) is 10.8 Å². The number of piperidine rings is 4. The van der Waals surface area contributed by atoms with Crippen molar-refractivity contribution in [2.24, 2.45) is 22.9 Å². The number of nitrogens with two attached hydrogens (primary N) is 4. The van der Waals surface area contributed by atoms with Gasteiger partial charge >= 0.3 is 26.6 Å². The van der Waals surface area contributed by atoms with E-state index in [4.69, 9.17) is 36.5 Å². The Morgan fingerprint density at radius 1 is 0.433 bits per heavy atom. The standard InChI is InChI=1S/C30H31N3O6S.C28H29N3O6S2.C23H25N3O4S3.C18H19Br2N3O4S2/c1-2-38-28(34)20-40(36,37)33-21-30(25-18-23(19-31)9-12-26(25)33)14-16-32(17-15-30)29(35)27-13-11-24(39-27)10-8-22-6-4-3-5-7-22;1-38(33,34)20-39(35,36)31-19-28(24-17-22(18-29)8-11-25(24)31)13-15-30(16-14-28)27(32)26-12-10-23(37-26)9-7-21-5-3-2-4-6-21;1-31-22-17-5-3-2-4-16(17)20(32-22)21(27)25-10-8-23(9-11-25)14-26(33(28,29)30)19-7-6-15(13-24)12-18(19)23;19-13-8-15(28-16(13)20)17(24)22-5-3-18(4-6-22)10-23(29(25,26)27)14-2-1-11(9-21)7-12(14)18/h3-7,9,11-13,18H,2,14-17,19-21,31H2,1H3;2-6,8,10-12,17H,13-16,18-20,29H2,1H3;2-7,12H,8-11,13-14,24H2,1H3,(H,28,29,30);1-2,7-8H,3-6,9-10,21H2,(H,25,26,27). The molecule has 0 radical (unpaired) electrons. The molecule has 4 fully saturated rings. The number of nitrogens with zero attached hydrogens (tertiary/aromatic N) is 8. The highest BCUT2D eigenvalue weighted by molar-refractivity contribution is 9.13. The first kappa shape index (κ1) is 103. The Labute approximate surface area is 848 Å². The summed E-state index contributed by atoms with van der Waals surface area (Å²) in [7, 11) is -20.6. The summed E-state index contributed by atoms with van der Waals surface area (Å²) in [6.45, 7) is 7.38. The highest BCUT2D eigenvalue weighted by atomic mass is 79.9. The van der Waals surface area contributed by atoms with Crippen LogP contribution in [0.15, 0.2) is 209 Å². The van der Waals surface area contributed by atoms with Gasteiger partial charge in [0.1, 0.15) is 4.88 Å². The normalized spacial score (nSPS) is 17.0. The summed E-state index contributed by atoms with van der Waals surface area (Å²) < 4.78 is 168. The molecule has 0 atom stereocenters. The van der Waals surface area contributed by atoms with Gasteiger partial charge in [0, 0.05) is 159 Å². The number of thiophene rings is 2. The van der Waals surface area contributed by atoms with E-state index in [0.29, 0.717) is 163 Å². The molecule has 4 spiro atoms. The molecule has 0 aliphatic carbocycles. The Bertz CT molecular complexity index is 7400. The number of benzene rings is 7. The first-order chi connectivity index (χ1) is 67.2. The number of esters is 1. The van der Waals surface area contributed by atoms with Crippen LogP contribution >= 0.6 is 66.3 Å². The van der Waals surface area contributed by atoms with E-state index >= 15 is 0 Å². The lowest BCUT2D eigenvalue weighted by atomic mass is 9.74. The van der Waals surface area contributed by atoms with Crippen LogP contribution < -0.4 is 40.2 Å². The van der Waals surface area contributed by atoms with Gasteiger partial charge in [-0.15, -0.1) is 34.4 Å². The van der Waals surface area contributed by atoms with Crippen LogP contribution in [0.2, 0.25) is 0 Å². The van der Waals surface area contributed by atoms with Crippen LogP contribution in [-0.2, 0) is 108 Å².